The van der Waals surface area contributed by atoms with Crippen LogP contribution in [-0.4, -0.2) is 20.9 Å². The second-order valence-electron chi connectivity index (χ2n) is 5.95. The number of unbranched alkanes of at least 4 members (excludes halogenated alkanes) is 3. The maximum Gasteiger partial charge on any atom is 0.261 e. The third kappa shape index (κ3) is 5.84. The SMILES string of the molecule is CCCCCCNC(=O)c1ccc(S(=O)(=O)Nc2ccc(F)cc2)cc1. The molecule has 5 nitrogen and oxygen atoms in total. The number of halogens is 1. The predicted molar refractivity (Wildman–Crippen MR) is 100 cm³/mol. The zero-order valence-corrected chi connectivity index (χ0v) is 15.5. The molecule has 1 amide bonds. The van der Waals surface area contributed by atoms with E-state index in [0.717, 1.165) is 25.7 Å². The molecular weight excluding hydrogens is 355 g/mol. The second kappa shape index (κ2) is 9.33. The average molecular weight is 378 g/mol. The Morgan fingerprint density at radius 3 is 2.23 bits per heavy atom. The van der Waals surface area contributed by atoms with Crippen molar-refractivity contribution in [1.82, 2.24) is 5.32 Å². The van der Waals surface area contributed by atoms with Gasteiger partial charge in [-0.1, -0.05) is 26.2 Å². The maximum atomic E-state index is 12.9. The lowest BCUT2D eigenvalue weighted by molar-refractivity contribution is 0.0953. The summed E-state index contributed by atoms with van der Waals surface area (Å²) in [5.74, 6) is -0.671. The van der Waals surface area contributed by atoms with E-state index in [1.54, 1.807) is 0 Å². The first kappa shape index (κ1) is 19.9. The number of rotatable bonds is 9. The van der Waals surface area contributed by atoms with Crippen molar-refractivity contribution in [3.8, 4) is 0 Å². The Morgan fingerprint density at radius 1 is 0.962 bits per heavy atom. The molecule has 2 N–H and O–H groups in total. The molecule has 0 saturated heterocycles. The summed E-state index contributed by atoms with van der Waals surface area (Å²) < 4.78 is 39.9. The van der Waals surface area contributed by atoms with Gasteiger partial charge in [0.05, 0.1) is 4.90 Å². The number of carbonyl (C=O) groups is 1. The molecule has 0 bridgehead atoms. The van der Waals surface area contributed by atoms with E-state index < -0.39 is 15.8 Å². The lowest BCUT2D eigenvalue weighted by Crippen LogP contribution is -2.24. The van der Waals surface area contributed by atoms with Crippen molar-refractivity contribution in [2.24, 2.45) is 0 Å². The molecule has 0 radical (unpaired) electrons. The van der Waals surface area contributed by atoms with E-state index in [1.807, 2.05) is 0 Å². The highest BCUT2D eigenvalue weighted by atomic mass is 32.2. The Kier molecular flexibility index (Phi) is 7.15. The number of amides is 1. The van der Waals surface area contributed by atoms with Crippen LogP contribution in [0, 0.1) is 5.82 Å². The topological polar surface area (TPSA) is 75.3 Å². The highest BCUT2D eigenvalue weighted by Gasteiger charge is 2.15. The molecule has 0 aliphatic rings. The Bertz CT molecular complexity index is 819. The fourth-order valence-corrected chi connectivity index (χ4v) is 3.43. The minimum atomic E-state index is -3.80. The second-order valence-corrected chi connectivity index (χ2v) is 7.64. The summed E-state index contributed by atoms with van der Waals surface area (Å²) in [7, 11) is -3.80. The quantitative estimate of drug-likeness (QED) is 0.649. The van der Waals surface area contributed by atoms with Crippen molar-refractivity contribution < 1.29 is 17.6 Å². The van der Waals surface area contributed by atoms with Crippen LogP contribution < -0.4 is 10.0 Å². The molecule has 0 saturated carbocycles. The number of sulfonamides is 1. The lowest BCUT2D eigenvalue weighted by Gasteiger charge is -2.09. The Hall–Kier alpha value is -2.41. The van der Waals surface area contributed by atoms with Gasteiger partial charge in [-0.15, -0.1) is 0 Å². The van der Waals surface area contributed by atoms with Gasteiger partial charge in [0.15, 0.2) is 0 Å². The molecule has 0 aromatic heterocycles. The largest absolute Gasteiger partial charge is 0.352 e. The Morgan fingerprint density at radius 2 is 1.62 bits per heavy atom. The number of hydrogen-bond donors (Lipinski definition) is 2. The first-order valence-corrected chi connectivity index (χ1v) is 10.1. The molecule has 0 aliphatic heterocycles. The van der Waals surface area contributed by atoms with Crippen molar-refractivity contribution >= 4 is 21.6 Å². The lowest BCUT2D eigenvalue weighted by atomic mass is 10.2. The summed E-state index contributed by atoms with van der Waals surface area (Å²) in [5, 5.41) is 2.82. The minimum absolute atomic E-state index is 0.0290. The van der Waals surface area contributed by atoms with Crippen LogP contribution in [0.15, 0.2) is 53.4 Å². The summed E-state index contributed by atoms with van der Waals surface area (Å²) in [5.41, 5.74) is 0.668. The van der Waals surface area contributed by atoms with Crippen LogP contribution in [0.3, 0.4) is 0 Å². The van der Waals surface area contributed by atoms with Crippen molar-refractivity contribution in [3.63, 3.8) is 0 Å². The molecule has 140 valence electrons. The van der Waals surface area contributed by atoms with E-state index in [1.165, 1.54) is 48.5 Å². The molecule has 0 unspecified atom stereocenters. The first-order chi connectivity index (χ1) is 12.4. The smallest absolute Gasteiger partial charge is 0.261 e. The van der Waals surface area contributed by atoms with E-state index in [0.29, 0.717) is 12.1 Å². The molecule has 0 spiro atoms. The summed E-state index contributed by atoms with van der Waals surface area (Å²) in [4.78, 5) is 12.1. The van der Waals surface area contributed by atoms with Crippen molar-refractivity contribution in [1.29, 1.82) is 0 Å². The number of hydrogen-bond acceptors (Lipinski definition) is 3. The third-order valence-electron chi connectivity index (χ3n) is 3.84. The number of carbonyl (C=O) groups excluding carboxylic acids is 1. The van der Waals surface area contributed by atoms with E-state index >= 15 is 0 Å². The van der Waals surface area contributed by atoms with Crippen LogP contribution in [0.5, 0.6) is 0 Å². The zero-order chi connectivity index (χ0) is 19.0. The van der Waals surface area contributed by atoms with Gasteiger partial charge in [-0.25, -0.2) is 12.8 Å². The average Bonchev–Trinajstić information content (AvgIpc) is 2.63. The molecule has 2 rings (SSSR count). The Balaban J connectivity index is 1.96. The van der Waals surface area contributed by atoms with Crippen LogP contribution in [0.4, 0.5) is 10.1 Å². The highest BCUT2D eigenvalue weighted by molar-refractivity contribution is 7.92. The van der Waals surface area contributed by atoms with Gasteiger partial charge in [-0.3, -0.25) is 9.52 Å². The number of nitrogens with one attached hydrogen (secondary N) is 2. The van der Waals surface area contributed by atoms with Gasteiger partial charge in [0.2, 0.25) is 0 Å². The number of anilines is 1. The van der Waals surface area contributed by atoms with E-state index in [2.05, 4.69) is 17.0 Å². The predicted octanol–water partition coefficient (Wildman–Crippen LogP) is 3.94. The molecule has 2 aromatic carbocycles. The van der Waals surface area contributed by atoms with Crippen LogP contribution in [0.1, 0.15) is 43.0 Å². The van der Waals surface area contributed by atoms with E-state index in [-0.39, 0.29) is 16.5 Å². The van der Waals surface area contributed by atoms with Gasteiger partial charge < -0.3 is 5.32 Å². The summed E-state index contributed by atoms with van der Waals surface area (Å²) in [6.07, 6.45) is 4.27. The van der Waals surface area contributed by atoms with E-state index in [4.69, 9.17) is 0 Å². The van der Waals surface area contributed by atoms with Crippen LogP contribution in [0.25, 0.3) is 0 Å². The van der Waals surface area contributed by atoms with Gasteiger partial charge in [-0.05, 0) is 55.0 Å². The van der Waals surface area contributed by atoms with Crippen molar-refractivity contribution in [2.45, 2.75) is 37.5 Å². The van der Waals surface area contributed by atoms with Gasteiger partial charge in [-0.2, -0.15) is 0 Å². The summed E-state index contributed by atoms with van der Waals surface area (Å²) in [6, 6.07) is 10.7. The maximum absolute atomic E-state index is 12.9. The zero-order valence-electron chi connectivity index (χ0n) is 14.7. The molecule has 0 fully saturated rings. The fourth-order valence-electron chi connectivity index (χ4n) is 2.37. The molecule has 0 heterocycles. The summed E-state index contributed by atoms with van der Waals surface area (Å²) in [6.45, 7) is 2.73. The molecule has 2 aromatic rings. The van der Waals surface area contributed by atoms with Crippen molar-refractivity contribution in [2.75, 3.05) is 11.3 Å². The van der Waals surface area contributed by atoms with E-state index in [9.17, 15) is 17.6 Å². The summed E-state index contributed by atoms with van der Waals surface area (Å²) >= 11 is 0. The Labute approximate surface area is 153 Å². The third-order valence-corrected chi connectivity index (χ3v) is 5.24. The van der Waals surface area contributed by atoms with Gasteiger partial charge in [0.25, 0.3) is 15.9 Å². The molecule has 7 heteroatoms. The fraction of sp³-hybridized carbons (Fsp3) is 0.316. The molecule has 0 atom stereocenters. The molecular formula is C19H23FN2O3S. The first-order valence-electron chi connectivity index (χ1n) is 8.59. The minimum Gasteiger partial charge on any atom is -0.352 e. The van der Waals surface area contributed by atoms with Gasteiger partial charge in [0, 0.05) is 17.8 Å². The monoisotopic (exact) mass is 378 g/mol. The van der Waals surface area contributed by atoms with Gasteiger partial charge in [0.1, 0.15) is 5.82 Å². The standard InChI is InChI=1S/C19H23FN2O3S/c1-2-3-4-5-14-21-19(23)15-6-12-18(13-7-15)26(24,25)22-17-10-8-16(20)9-11-17/h6-13,22H,2-5,14H2,1H3,(H,21,23). The number of benzene rings is 2. The van der Waals surface area contributed by atoms with Crippen molar-refractivity contribution in [3.05, 3.63) is 59.9 Å². The highest BCUT2D eigenvalue weighted by Crippen LogP contribution is 2.17. The van der Waals surface area contributed by atoms with Gasteiger partial charge >= 0.3 is 0 Å². The van der Waals surface area contributed by atoms with Crippen LogP contribution in [0.2, 0.25) is 0 Å². The van der Waals surface area contributed by atoms with Crippen LogP contribution >= 0.6 is 0 Å². The molecule has 0 aliphatic carbocycles. The normalized spacial score (nSPS) is 11.2. The van der Waals surface area contributed by atoms with Crippen LogP contribution in [-0.2, 0) is 10.0 Å². The molecule has 26 heavy (non-hydrogen) atoms.